The second-order valence-corrected chi connectivity index (χ2v) is 2.85. The van der Waals surface area contributed by atoms with Crippen LogP contribution in [0.5, 0.6) is 0 Å². The van der Waals surface area contributed by atoms with Crippen LogP contribution in [-0.4, -0.2) is 21.1 Å². The molecule has 0 aromatic carbocycles. The van der Waals surface area contributed by atoms with Crippen LogP contribution in [0.2, 0.25) is 0 Å². The number of aromatic nitrogens is 3. The van der Waals surface area contributed by atoms with E-state index in [2.05, 4.69) is 49.5 Å². The zero-order valence-electron chi connectivity index (χ0n) is 8.29. The van der Waals surface area contributed by atoms with Crippen LogP contribution in [0.15, 0.2) is 35.0 Å². The third-order valence-electron chi connectivity index (χ3n) is 1.11. The summed E-state index contributed by atoms with van der Waals surface area (Å²) in [5.74, 6) is 0. The first kappa shape index (κ1) is 12.8. The topological polar surface area (TPSA) is 53.9 Å². The van der Waals surface area contributed by atoms with Gasteiger partial charge in [0.05, 0.1) is 16.5 Å². The Balaban J connectivity index is 0.000000791. The number of aromatic amines is 1. The highest BCUT2D eigenvalue weighted by atomic mass is 79.9. The molecule has 0 saturated heterocycles. The second kappa shape index (κ2) is 7.20. The van der Waals surface area contributed by atoms with E-state index in [0.29, 0.717) is 16.0 Å². The van der Waals surface area contributed by atoms with E-state index >= 15 is 0 Å². The standard InChI is InChI=1S/C7H7BrN4.C2H6/c1-3-6(10-5(2)8)7-4-9-12-11-7;1-2/h3-4H,1-2H2,(H,9,11,12);1-2H3/b10-6+;. The van der Waals surface area contributed by atoms with E-state index in [1.54, 1.807) is 12.3 Å². The highest BCUT2D eigenvalue weighted by molar-refractivity contribution is 9.11. The van der Waals surface area contributed by atoms with Gasteiger partial charge in [0.15, 0.2) is 0 Å². The zero-order valence-corrected chi connectivity index (χ0v) is 9.87. The molecule has 1 rings (SSSR count). The van der Waals surface area contributed by atoms with E-state index in [4.69, 9.17) is 0 Å². The molecule has 1 aromatic heterocycles. The van der Waals surface area contributed by atoms with Gasteiger partial charge in [-0.1, -0.05) is 27.0 Å². The molecule has 0 aliphatic carbocycles. The van der Waals surface area contributed by atoms with Crippen molar-refractivity contribution in [2.75, 3.05) is 0 Å². The Kier molecular flexibility index (Phi) is 6.57. The minimum Gasteiger partial charge on any atom is -0.240 e. The van der Waals surface area contributed by atoms with Crippen LogP contribution >= 0.6 is 15.9 Å². The van der Waals surface area contributed by atoms with Gasteiger partial charge in [-0.2, -0.15) is 15.4 Å². The number of hydrogen-bond acceptors (Lipinski definition) is 3. The van der Waals surface area contributed by atoms with E-state index in [-0.39, 0.29) is 0 Å². The summed E-state index contributed by atoms with van der Waals surface area (Å²) in [6.45, 7) is 11.2. The van der Waals surface area contributed by atoms with Crippen molar-refractivity contribution >= 4 is 21.6 Å². The number of allylic oxidation sites excluding steroid dienone is 1. The van der Waals surface area contributed by atoms with Crippen LogP contribution in [0.1, 0.15) is 19.5 Å². The number of nitrogens with one attached hydrogen (secondary N) is 1. The largest absolute Gasteiger partial charge is 0.240 e. The first-order valence-corrected chi connectivity index (χ1v) is 4.95. The van der Waals surface area contributed by atoms with Gasteiger partial charge in [-0.25, -0.2) is 4.99 Å². The van der Waals surface area contributed by atoms with Crippen molar-refractivity contribution in [3.05, 3.63) is 35.7 Å². The summed E-state index contributed by atoms with van der Waals surface area (Å²) < 4.78 is 0.528. The lowest BCUT2D eigenvalue weighted by molar-refractivity contribution is 0.937. The summed E-state index contributed by atoms with van der Waals surface area (Å²) in [6.07, 6.45) is 3.15. The molecule has 1 aromatic rings. The fourth-order valence-electron chi connectivity index (χ4n) is 0.663. The van der Waals surface area contributed by atoms with E-state index in [1.807, 2.05) is 13.8 Å². The van der Waals surface area contributed by atoms with Crippen LogP contribution in [0, 0.1) is 0 Å². The van der Waals surface area contributed by atoms with Gasteiger partial charge < -0.3 is 0 Å². The van der Waals surface area contributed by atoms with Crippen molar-refractivity contribution in [2.24, 2.45) is 4.99 Å². The Bertz CT molecular complexity index is 314. The molecule has 0 unspecified atom stereocenters. The lowest BCUT2D eigenvalue weighted by atomic mass is 10.3. The monoisotopic (exact) mass is 256 g/mol. The van der Waals surface area contributed by atoms with Gasteiger partial charge in [0.2, 0.25) is 0 Å². The average molecular weight is 257 g/mol. The van der Waals surface area contributed by atoms with E-state index in [1.165, 1.54) is 0 Å². The van der Waals surface area contributed by atoms with Gasteiger partial charge in [0, 0.05) is 0 Å². The molecule has 0 atom stereocenters. The zero-order chi connectivity index (χ0) is 11.0. The first-order valence-electron chi connectivity index (χ1n) is 4.15. The summed E-state index contributed by atoms with van der Waals surface area (Å²) in [6, 6.07) is 0. The van der Waals surface area contributed by atoms with Crippen molar-refractivity contribution in [3.63, 3.8) is 0 Å². The highest BCUT2D eigenvalue weighted by Crippen LogP contribution is 2.05. The third kappa shape index (κ3) is 4.13. The van der Waals surface area contributed by atoms with Gasteiger partial charge in [-0.05, 0) is 22.0 Å². The molecule has 5 heteroatoms. The van der Waals surface area contributed by atoms with E-state index < -0.39 is 0 Å². The molecule has 0 aliphatic rings. The summed E-state index contributed by atoms with van der Waals surface area (Å²) in [5.41, 5.74) is 1.27. The summed E-state index contributed by atoms with van der Waals surface area (Å²) >= 11 is 3.11. The lowest BCUT2D eigenvalue weighted by Gasteiger charge is -1.92. The maximum atomic E-state index is 4.04. The van der Waals surface area contributed by atoms with E-state index in [9.17, 15) is 0 Å². The molecule has 1 N–H and O–H groups in total. The molecule has 0 aliphatic heterocycles. The van der Waals surface area contributed by atoms with E-state index in [0.717, 1.165) is 0 Å². The van der Waals surface area contributed by atoms with Crippen molar-refractivity contribution in [3.8, 4) is 0 Å². The van der Waals surface area contributed by atoms with Gasteiger partial charge in [-0.15, -0.1) is 0 Å². The van der Waals surface area contributed by atoms with Gasteiger partial charge in [0.25, 0.3) is 0 Å². The fourth-order valence-corrected chi connectivity index (χ4v) is 0.854. The van der Waals surface area contributed by atoms with Crippen molar-refractivity contribution in [1.29, 1.82) is 0 Å². The Morgan fingerprint density at radius 3 is 2.64 bits per heavy atom. The first-order chi connectivity index (χ1) is 6.74. The highest BCUT2D eigenvalue weighted by Gasteiger charge is 2.01. The molecule has 0 saturated carbocycles. The van der Waals surface area contributed by atoms with Crippen molar-refractivity contribution < 1.29 is 0 Å². The molecule has 0 fully saturated rings. The van der Waals surface area contributed by atoms with Gasteiger partial charge in [-0.3, -0.25) is 0 Å². The van der Waals surface area contributed by atoms with Crippen molar-refractivity contribution in [1.82, 2.24) is 15.4 Å². The quantitative estimate of drug-likeness (QED) is 0.668. The maximum absolute atomic E-state index is 4.04. The molecule has 0 amide bonds. The third-order valence-corrected chi connectivity index (χ3v) is 1.29. The van der Waals surface area contributed by atoms with Gasteiger partial charge >= 0.3 is 0 Å². The molecule has 76 valence electrons. The van der Waals surface area contributed by atoms with Crippen LogP contribution in [0.3, 0.4) is 0 Å². The van der Waals surface area contributed by atoms with Gasteiger partial charge in [0.1, 0.15) is 5.69 Å². The van der Waals surface area contributed by atoms with Crippen molar-refractivity contribution in [2.45, 2.75) is 13.8 Å². The predicted molar refractivity (Wildman–Crippen MR) is 62.5 cm³/mol. The molecule has 0 radical (unpaired) electrons. The average Bonchev–Trinajstić information content (AvgIpc) is 2.70. The minimum absolute atomic E-state index is 0.528. The fraction of sp³-hybridized carbons (Fsp3) is 0.222. The SMILES string of the molecule is C=C/C(=N\C(=C)Br)c1cn[nH]n1.CC. The summed E-state index contributed by atoms with van der Waals surface area (Å²) in [5, 5.41) is 9.97. The van der Waals surface area contributed by atoms with Crippen LogP contribution in [0.25, 0.3) is 0 Å². The molecule has 14 heavy (non-hydrogen) atoms. The molecule has 4 nitrogen and oxygen atoms in total. The molecule has 1 heterocycles. The molecule has 0 bridgehead atoms. The van der Waals surface area contributed by atoms with Crippen LogP contribution in [0.4, 0.5) is 0 Å². The number of nitrogens with zero attached hydrogens (tertiary/aromatic N) is 3. The van der Waals surface area contributed by atoms with Crippen LogP contribution < -0.4 is 0 Å². The predicted octanol–water partition coefficient (Wildman–Crippen LogP) is 2.67. The smallest absolute Gasteiger partial charge is 0.131 e. The molecular weight excluding hydrogens is 244 g/mol. The van der Waals surface area contributed by atoms with Crippen LogP contribution in [-0.2, 0) is 0 Å². The normalized spacial score (nSPS) is 10.1. The molecular formula is C9H13BrN4. The Morgan fingerprint density at radius 2 is 2.29 bits per heavy atom. The number of aliphatic imine (C=N–C) groups is 1. The Hall–Kier alpha value is -1.23. The summed E-state index contributed by atoms with van der Waals surface area (Å²) in [4.78, 5) is 4.04. The number of H-pyrrole nitrogens is 1. The Morgan fingerprint density at radius 1 is 1.64 bits per heavy atom. The maximum Gasteiger partial charge on any atom is 0.131 e. The number of rotatable bonds is 3. The Labute approximate surface area is 92.0 Å². The molecule has 0 spiro atoms. The lowest BCUT2D eigenvalue weighted by Crippen LogP contribution is -1.96. The minimum atomic E-state index is 0.528. The number of halogens is 1. The second-order valence-electron chi connectivity index (χ2n) is 1.93. The number of hydrogen-bond donors (Lipinski definition) is 1. The summed E-state index contributed by atoms with van der Waals surface area (Å²) in [7, 11) is 0.